The first-order valence-electron chi connectivity index (χ1n) is 17.9. The molecule has 0 aromatic carbocycles. The fourth-order valence-corrected chi connectivity index (χ4v) is 4.99. The SMILES string of the molecule is CCCCCC/C=C\C/C=C\CCCCCCCCCC(=O)OC(CO)COC(=O)CCCCCCCCCCCC. The van der Waals surface area contributed by atoms with Crippen molar-refractivity contribution >= 4 is 11.9 Å². The van der Waals surface area contributed by atoms with Gasteiger partial charge in [0.2, 0.25) is 0 Å². The predicted molar refractivity (Wildman–Crippen MR) is 178 cm³/mol. The topological polar surface area (TPSA) is 72.8 Å². The van der Waals surface area contributed by atoms with Crippen LogP contribution in [-0.2, 0) is 19.1 Å². The Balaban J connectivity index is 3.57. The van der Waals surface area contributed by atoms with Crippen LogP contribution in [-0.4, -0.2) is 36.4 Å². The van der Waals surface area contributed by atoms with E-state index in [9.17, 15) is 14.7 Å². The number of carbonyl (C=O) groups excluding carboxylic acids is 2. The quantitative estimate of drug-likeness (QED) is 0.0478. The van der Waals surface area contributed by atoms with Gasteiger partial charge in [-0.05, 0) is 44.9 Å². The van der Waals surface area contributed by atoms with Crippen LogP contribution in [0.25, 0.3) is 0 Å². The number of hydrogen-bond donors (Lipinski definition) is 1. The molecule has 0 fully saturated rings. The molecule has 1 atom stereocenters. The van der Waals surface area contributed by atoms with E-state index in [1.54, 1.807) is 0 Å². The Morgan fingerprint density at radius 1 is 0.548 bits per heavy atom. The van der Waals surface area contributed by atoms with Crippen molar-refractivity contribution in [2.24, 2.45) is 0 Å². The predicted octanol–water partition coefficient (Wildman–Crippen LogP) is 10.7. The summed E-state index contributed by atoms with van der Waals surface area (Å²) in [5, 5.41) is 9.50. The lowest BCUT2D eigenvalue weighted by Crippen LogP contribution is -2.28. The number of hydrogen-bond acceptors (Lipinski definition) is 5. The maximum atomic E-state index is 12.1. The zero-order chi connectivity index (χ0) is 30.8. The largest absolute Gasteiger partial charge is 0.462 e. The van der Waals surface area contributed by atoms with Crippen LogP contribution in [0.4, 0.5) is 0 Å². The van der Waals surface area contributed by atoms with E-state index in [1.807, 2.05) is 0 Å². The summed E-state index contributed by atoms with van der Waals surface area (Å²) in [6.07, 6.45) is 38.0. The second-order valence-electron chi connectivity index (χ2n) is 12.0. The Morgan fingerprint density at radius 2 is 0.952 bits per heavy atom. The third-order valence-corrected chi connectivity index (χ3v) is 7.75. The molecule has 0 saturated heterocycles. The van der Waals surface area contributed by atoms with E-state index in [0.717, 1.165) is 51.4 Å². The van der Waals surface area contributed by atoms with Crippen LogP contribution in [0.2, 0.25) is 0 Å². The Bertz CT molecular complexity index is 642. The summed E-state index contributed by atoms with van der Waals surface area (Å²) in [5.74, 6) is -0.598. The number of carbonyl (C=O) groups is 2. The second-order valence-corrected chi connectivity index (χ2v) is 12.0. The standard InChI is InChI=1S/C37H68O5/c1-3-5-7-9-11-13-15-16-17-18-19-20-21-22-24-26-28-30-32-37(40)42-35(33-38)34-41-36(39)31-29-27-25-23-14-12-10-8-6-4-2/h13,15,17-18,35,38H,3-12,14,16,19-34H2,1-2H3/b15-13-,18-17-. The van der Waals surface area contributed by atoms with E-state index in [1.165, 1.54) is 103 Å². The van der Waals surface area contributed by atoms with E-state index in [-0.39, 0.29) is 25.2 Å². The Labute approximate surface area is 260 Å². The average Bonchev–Trinajstić information content (AvgIpc) is 2.99. The summed E-state index contributed by atoms with van der Waals surface area (Å²) in [7, 11) is 0. The highest BCUT2D eigenvalue weighted by Gasteiger charge is 2.16. The smallest absolute Gasteiger partial charge is 0.306 e. The molecule has 0 spiro atoms. The third kappa shape index (κ3) is 31.3. The van der Waals surface area contributed by atoms with Crippen molar-refractivity contribution in [1.29, 1.82) is 0 Å². The third-order valence-electron chi connectivity index (χ3n) is 7.75. The van der Waals surface area contributed by atoms with Crippen molar-refractivity contribution in [2.75, 3.05) is 13.2 Å². The zero-order valence-corrected chi connectivity index (χ0v) is 27.8. The Hall–Kier alpha value is -1.62. The molecule has 0 aliphatic heterocycles. The van der Waals surface area contributed by atoms with Gasteiger partial charge in [0.25, 0.3) is 0 Å². The van der Waals surface area contributed by atoms with Gasteiger partial charge in [-0.25, -0.2) is 0 Å². The molecule has 5 nitrogen and oxygen atoms in total. The molecule has 0 aliphatic rings. The maximum Gasteiger partial charge on any atom is 0.306 e. The highest BCUT2D eigenvalue weighted by molar-refractivity contribution is 5.70. The summed E-state index contributed by atoms with van der Waals surface area (Å²) < 4.78 is 10.5. The summed E-state index contributed by atoms with van der Waals surface area (Å²) >= 11 is 0. The van der Waals surface area contributed by atoms with Crippen LogP contribution in [0.5, 0.6) is 0 Å². The molecule has 0 bridgehead atoms. The summed E-state index contributed by atoms with van der Waals surface area (Å²) in [5.41, 5.74) is 0. The first-order valence-corrected chi connectivity index (χ1v) is 17.9. The van der Waals surface area contributed by atoms with Gasteiger partial charge in [0.05, 0.1) is 6.61 Å². The molecule has 0 radical (unpaired) electrons. The van der Waals surface area contributed by atoms with Crippen LogP contribution in [0.15, 0.2) is 24.3 Å². The van der Waals surface area contributed by atoms with E-state index >= 15 is 0 Å². The van der Waals surface area contributed by atoms with Gasteiger partial charge in [-0.15, -0.1) is 0 Å². The van der Waals surface area contributed by atoms with Crippen molar-refractivity contribution in [1.82, 2.24) is 0 Å². The molecule has 246 valence electrons. The molecule has 0 heterocycles. The number of allylic oxidation sites excluding steroid dienone is 4. The van der Waals surface area contributed by atoms with Gasteiger partial charge in [0, 0.05) is 12.8 Å². The van der Waals surface area contributed by atoms with E-state index < -0.39 is 6.10 Å². The van der Waals surface area contributed by atoms with Crippen molar-refractivity contribution in [3.63, 3.8) is 0 Å². The summed E-state index contributed by atoms with van der Waals surface area (Å²) in [6, 6.07) is 0. The van der Waals surface area contributed by atoms with E-state index in [4.69, 9.17) is 9.47 Å². The number of aliphatic hydroxyl groups excluding tert-OH is 1. The monoisotopic (exact) mass is 593 g/mol. The van der Waals surface area contributed by atoms with Gasteiger partial charge in [0.15, 0.2) is 6.10 Å². The lowest BCUT2D eigenvalue weighted by Gasteiger charge is -2.15. The van der Waals surface area contributed by atoms with Gasteiger partial charge < -0.3 is 14.6 Å². The minimum absolute atomic E-state index is 0.0656. The highest BCUT2D eigenvalue weighted by atomic mass is 16.6. The number of ether oxygens (including phenoxy) is 2. The normalized spacial score (nSPS) is 12.4. The summed E-state index contributed by atoms with van der Waals surface area (Å²) in [4.78, 5) is 24.1. The number of unbranched alkanes of at least 4 members (excludes halogenated alkanes) is 20. The van der Waals surface area contributed by atoms with Crippen LogP contribution in [0.3, 0.4) is 0 Å². The molecular formula is C37H68O5. The lowest BCUT2D eigenvalue weighted by atomic mass is 10.1. The number of rotatable bonds is 32. The fourth-order valence-electron chi connectivity index (χ4n) is 4.99. The molecule has 0 amide bonds. The molecule has 0 rings (SSSR count). The first kappa shape index (κ1) is 40.4. The van der Waals surface area contributed by atoms with Crippen molar-refractivity contribution in [3.8, 4) is 0 Å². The van der Waals surface area contributed by atoms with E-state index in [2.05, 4.69) is 38.2 Å². The number of esters is 2. The van der Waals surface area contributed by atoms with Gasteiger partial charge >= 0.3 is 11.9 Å². The van der Waals surface area contributed by atoms with Gasteiger partial charge in [0.1, 0.15) is 6.61 Å². The molecule has 1 N–H and O–H groups in total. The lowest BCUT2D eigenvalue weighted by molar-refractivity contribution is -0.161. The van der Waals surface area contributed by atoms with Crippen molar-refractivity contribution in [3.05, 3.63) is 24.3 Å². The fraction of sp³-hybridized carbons (Fsp3) is 0.838. The van der Waals surface area contributed by atoms with Gasteiger partial charge in [-0.1, -0.05) is 147 Å². The molecule has 0 saturated carbocycles. The zero-order valence-electron chi connectivity index (χ0n) is 27.8. The molecule has 1 unspecified atom stereocenters. The number of aliphatic hydroxyl groups is 1. The van der Waals surface area contributed by atoms with Crippen molar-refractivity contribution < 1.29 is 24.2 Å². The minimum Gasteiger partial charge on any atom is -0.462 e. The molecule has 5 heteroatoms. The highest BCUT2D eigenvalue weighted by Crippen LogP contribution is 2.13. The maximum absolute atomic E-state index is 12.1. The molecule has 42 heavy (non-hydrogen) atoms. The Morgan fingerprint density at radius 3 is 1.43 bits per heavy atom. The molecule has 0 aromatic rings. The van der Waals surface area contributed by atoms with Gasteiger partial charge in [-0.3, -0.25) is 9.59 Å². The summed E-state index contributed by atoms with van der Waals surface area (Å²) in [6.45, 7) is 4.09. The molecule has 0 aliphatic carbocycles. The second kappa shape index (κ2) is 33.9. The van der Waals surface area contributed by atoms with Crippen molar-refractivity contribution in [2.45, 2.75) is 187 Å². The average molecular weight is 593 g/mol. The minimum atomic E-state index is -0.769. The first-order chi connectivity index (χ1) is 20.6. The van der Waals surface area contributed by atoms with E-state index in [0.29, 0.717) is 12.8 Å². The van der Waals surface area contributed by atoms with Gasteiger partial charge in [-0.2, -0.15) is 0 Å². The van der Waals surface area contributed by atoms with Crippen LogP contribution in [0, 0.1) is 0 Å². The Kier molecular flexibility index (Phi) is 32.6. The molecular weight excluding hydrogens is 524 g/mol. The van der Waals surface area contributed by atoms with Crippen LogP contribution in [0.1, 0.15) is 181 Å². The van der Waals surface area contributed by atoms with Crippen LogP contribution >= 0.6 is 0 Å². The molecule has 0 aromatic heterocycles. The van der Waals surface area contributed by atoms with Crippen LogP contribution < -0.4 is 0 Å².